The maximum Gasteiger partial charge on any atom is 0.101 e. The molecule has 0 saturated carbocycles. The van der Waals surface area contributed by atoms with Crippen LogP contribution >= 0.6 is 0 Å². The number of para-hydroxylation sites is 4. The molecule has 5 aromatic rings. The standard InChI is InChI=1S/C32H22N4/c33-23-25-21-31(35(27-13-5-1-6-14-27)28-15-7-2-8-16-28)32(22-26(25)24-34)36(29-17-9-3-10-18-29)30-19-11-4-12-20-30/h1-22H. The molecule has 0 aromatic heterocycles. The Morgan fingerprint density at radius 3 is 0.861 bits per heavy atom. The summed E-state index contributed by atoms with van der Waals surface area (Å²) in [6, 6.07) is 48.2. The lowest BCUT2D eigenvalue weighted by atomic mass is 10.0. The van der Waals surface area contributed by atoms with E-state index in [4.69, 9.17) is 0 Å². The van der Waals surface area contributed by atoms with Crippen LogP contribution in [0.4, 0.5) is 34.1 Å². The highest BCUT2D eigenvalue weighted by Crippen LogP contribution is 2.46. The molecule has 0 unspecified atom stereocenters. The molecule has 0 amide bonds. The third-order valence-corrected chi connectivity index (χ3v) is 5.89. The van der Waals surface area contributed by atoms with Crippen molar-refractivity contribution in [3.63, 3.8) is 0 Å². The van der Waals surface area contributed by atoms with Gasteiger partial charge in [-0.2, -0.15) is 10.5 Å². The Morgan fingerprint density at radius 1 is 0.389 bits per heavy atom. The van der Waals surface area contributed by atoms with Crippen molar-refractivity contribution in [2.24, 2.45) is 0 Å². The lowest BCUT2D eigenvalue weighted by Crippen LogP contribution is -2.17. The second kappa shape index (κ2) is 10.3. The van der Waals surface area contributed by atoms with Crippen LogP contribution in [0.5, 0.6) is 0 Å². The van der Waals surface area contributed by atoms with E-state index in [9.17, 15) is 10.5 Å². The van der Waals surface area contributed by atoms with E-state index < -0.39 is 0 Å². The van der Waals surface area contributed by atoms with E-state index in [0.29, 0.717) is 11.1 Å². The van der Waals surface area contributed by atoms with Gasteiger partial charge in [0, 0.05) is 22.7 Å². The first-order chi connectivity index (χ1) is 17.8. The fourth-order valence-corrected chi connectivity index (χ4v) is 4.28. The molecule has 0 aliphatic rings. The second-order valence-electron chi connectivity index (χ2n) is 8.12. The Labute approximate surface area is 211 Å². The Morgan fingerprint density at radius 2 is 0.639 bits per heavy atom. The summed E-state index contributed by atoms with van der Waals surface area (Å²) in [6.45, 7) is 0. The SMILES string of the molecule is N#Cc1cc(N(c2ccccc2)c2ccccc2)c(N(c2ccccc2)c2ccccc2)cc1C#N. The molecular weight excluding hydrogens is 440 g/mol. The Bertz CT molecular complexity index is 1340. The minimum absolute atomic E-state index is 0.328. The van der Waals surface area contributed by atoms with Gasteiger partial charge in [-0.3, -0.25) is 0 Å². The van der Waals surface area contributed by atoms with Crippen molar-refractivity contribution in [1.29, 1.82) is 10.5 Å². The number of hydrogen-bond donors (Lipinski definition) is 0. The first-order valence-corrected chi connectivity index (χ1v) is 11.6. The number of nitrogens with zero attached hydrogens (tertiary/aromatic N) is 4. The molecule has 5 rings (SSSR count). The molecule has 4 nitrogen and oxygen atoms in total. The zero-order valence-electron chi connectivity index (χ0n) is 19.5. The summed E-state index contributed by atoms with van der Waals surface area (Å²) >= 11 is 0. The molecule has 0 N–H and O–H groups in total. The van der Waals surface area contributed by atoms with Crippen molar-refractivity contribution in [3.05, 3.63) is 145 Å². The first kappa shape index (κ1) is 22.5. The molecule has 0 radical (unpaired) electrons. The average Bonchev–Trinajstić information content (AvgIpc) is 2.96. The largest absolute Gasteiger partial charge is 0.308 e. The summed E-state index contributed by atoms with van der Waals surface area (Å²) < 4.78 is 0. The molecule has 0 saturated heterocycles. The highest BCUT2D eigenvalue weighted by Gasteiger charge is 2.24. The highest BCUT2D eigenvalue weighted by atomic mass is 15.2. The van der Waals surface area contributed by atoms with E-state index in [1.165, 1.54) is 0 Å². The van der Waals surface area contributed by atoms with Gasteiger partial charge in [-0.1, -0.05) is 72.8 Å². The van der Waals surface area contributed by atoms with Crippen molar-refractivity contribution in [2.75, 3.05) is 9.80 Å². The predicted octanol–water partition coefficient (Wildman–Crippen LogP) is 8.37. The first-order valence-electron chi connectivity index (χ1n) is 11.6. The third kappa shape index (κ3) is 4.40. The van der Waals surface area contributed by atoms with Crippen LogP contribution in [0.25, 0.3) is 0 Å². The molecule has 0 fully saturated rings. The van der Waals surface area contributed by atoms with Crippen molar-refractivity contribution in [2.45, 2.75) is 0 Å². The molecular formula is C32H22N4. The van der Waals surface area contributed by atoms with Gasteiger partial charge in [-0.05, 0) is 60.7 Å². The van der Waals surface area contributed by atoms with E-state index in [1.54, 1.807) is 0 Å². The van der Waals surface area contributed by atoms with Crippen LogP contribution < -0.4 is 9.80 Å². The van der Waals surface area contributed by atoms with Gasteiger partial charge in [-0.25, -0.2) is 0 Å². The fraction of sp³-hybridized carbons (Fsp3) is 0. The summed E-state index contributed by atoms with van der Waals surface area (Å²) in [5.41, 5.74) is 6.01. The Balaban J connectivity index is 1.86. The predicted molar refractivity (Wildman–Crippen MR) is 145 cm³/mol. The molecule has 0 spiro atoms. The number of hydrogen-bond acceptors (Lipinski definition) is 4. The monoisotopic (exact) mass is 462 g/mol. The second-order valence-corrected chi connectivity index (χ2v) is 8.12. The zero-order chi connectivity index (χ0) is 24.7. The fourth-order valence-electron chi connectivity index (χ4n) is 4.28. The molecule has 36 heavy (non-hydrogen) atoms. The topological polar surface area (TPSA) is 54.1 Å². The molecule has 0 aliphatic heterocycles. The third-order valence-electron chi connectivity index (χ3n) is 5.89. The maximum atomic E-state index is 9.93. The normalized spacial score (nSPS) is 10.2. The van der Waals surface area contributed by atoms with Gasteiger partial charge >= 0.3 is 0 Å². The van der Waals surface area contributed by atoms with Gasteiger partial charge in [0.25, 0.3) is 0 Å². The molecule has 4 heteroatoms. The van der Waals surface area contributed by atoms with Crippen LogP contribution in [0.1, 0.15) is 11.1 Å². The van der Waals surface area contributed by atoms with Crippen LogP contribution in [0.3, 0.4) is 0 Å². The summed E-state index contributed by atoms with van der Waals surface area (Å²) in [7, 11) is 0. The van der Waals surface area contributed by atoms with E-state index in [-0.39, 0.29) is 0 Å². The van der Waals surface area contributed by atoms with Gasteiger partial charge in [-0.15, -0.1) is 0 Å². The van der Waals surface area contributed by atoms with Gasteiger partial charge in [0.05, 0.1) is 22.5 Å². The van der Waals surface area contributed by atoms with Crippen LogP contribution in [-0.4, -0.2) is 0 Å². The Kier molecular flexibility index (Phi) is 6.43. The van der Waals surface area contributed by atoms with Crippen LogP contribution in [0.15, 0.2) is 133 Å². The number of nitriles is 2. The van der Waals surface area contributed by atoms with Crippen molar-refractivity contribution < 1.29 is 0 Å². The van der Waals surface area contributed by atoms with E-state index in [0.717, 1.165) is 34.1 Å². The lowest BCUT2D eigenvalue weighted by molar-refractivity contribution is 1.22. The molecule has 0 heterocycles. The minimum atomic E-state index is 0.328. The number of benzene rings is 5. The quantitative estimate of drug-likeness (QED) is 0.254. The van der Waals surface area contributed by atoms with E-state index in [1.807, 2.05) is 133 Å². The maximum absolute atomic E-state index is 9.93. The van der Waals surface area contributed by atoms with Crippen LogP contribution in [0, 0.1) is 22.7 Å². The summed E-state index contributed by atoms with van der Waals surface area (Å²) in [5.74, 6) is 0. The van der Waals surface area contributed by atoms with Crippen LogP contribution in [0.2, 0.25) is 0 Å². The zero-order valence-corrected chi connectivity index (χ0v) is 19.5. The van der Waals surface area contributed by atoms with E-state index in [2.05, 4.69) is 21.9 Å². The molecule has 0 aliphatic carbocycles. The van der Waals surface area contributed by atoms with Crippen molar-refractivity contribution in [1.82, 2.24) is 0 Å². The minimum Gasteiger partial charge on any atom is -0.308 e. The number of rotatable bonds is 6. The van der Waals surface area contributed by atoms with Gasteiger partial charge in [0.2, 0.25) is 0 Å². The lowest BCUT2D eigenvalue weighted by Gasteiger charge is -2.33. The summed E-state index contributed by atoms with van der Waals surface area (Å²) in [4.78, 5) is 4.24. The summed E-state index contributed by atoms with van der Waals surface area (Å²) in [6.07, 6.45) is 0. The van der Waals surface area contributed by atoms with Gasteiger partial charge in [0.15, 0.2) is 0 Å². The van der Waals surface area contributed by atoms with Crippen molar-refractivity contribution in [3.8, 4) is 12.1 Å². The molecule has 0 bridgehead atoms. The molecule has 0 atom stereocenters. The highest BCUT2D eigenvalue weighted by molar-refractivity contribution is 5.92. The average molecular weight is 463 g/mol. The van der Waals surface area contributed by atoms with Gasteiger partial charge in [0.1, 0.15) is 12.1 Å². The molecule has 170 valence electrons. The van der Waals surface area contributed by atoms with Crippen molar-refractivity contribution >= 4 is 34.1 Å². The van der Waals surface area contributed by atoms with Gasteiger partial charge < -0.3 is 9.80 Å². The van der Waals surface area contributed by atoms with E-state index >= 15 is 0 Å². The Hall–Kier alpha value is -5.32. The van der Waals surface area contributed by atoms with Crippen LogP contribution in [-0.2, 0) is 0 Å². The molecule has 5 aromatic carbocycles. The smallest absolute Gasteiger partial charge is 0.101 e. The summed E-state index contributed by atoms with van der Waals surface area (Å²) in [5, 5.41) is 19.9. The number of anilines is 6.